The molecule has 0 saturated carbocycles. The lowest BCUT2D eigenvalue weighted by Gasteiger charge is -2.25. The van der Waals surface area contributed by atoms with Gasteiger partial charge < -0.3 is 20.5 Å². The minimum atomic E-state index is -1.05. The number of aliphatic carboxylic acids is 1. The van der Waals surface area contributed by atoms with E-state index >= 15 is 0 Å². The lowest BCUT2D eigenvalue weighted by atomic mass is 10.1. The Morgan fingerprint density at radius 1 is 1.50 bits per heavy atom. The van der Waals surface area contributed by atoms with Crippen molar-refractivity contribution in [3.05, 3.63) is 29.6 Å². The first-order chi connectivity index (χ1) is 9.45. The molecule has 1 saturated heterocycles. The molecule has 20 heavy (non-hydrogen) atoms. The van der Waals surface area contributed by atoms with Gasteiger partial charge >= 0.3 is 5.97 Å². The molecule has 1 aromatic carbocycles. The maximum atomic E-state index is 13.8. The van der Waals surface area contributed by atoms with Gasteiger partial charge in [-0.1, -0.05) is 6.07 Å². The monoisotopic (exact) mass is 282 g/mol. The highest BCUT2D eigenvalue weighted by molar-refractivity contribution is 5.99. The number of halogens is 1. The van der Waals surface area contributed by atoms with E-state index in [1.807, 2.05) is 0 Å². The molecule has 3 N–H and O–H groups in total. The minimum absolute atomic E-state index is 0.185. The summed E-state index contributed by atoms with van der Waals surface area (Å²) in [6.07, 6.45) is -0.0271. The highest BCUT2D eigenvalue weighted by Gasteiger charge is 2.38. The second-order valence-electron chi connectivity index (χ2n) is 4.60. The van der Waals surface area contributed by atoms with Crippen molar-refractivity contribution in [3.8, 4) is 0 Å². The molecule has 1 heterocycles. The fourth-order valence-electron chi connectivity index (χ4n) is 2.46. The van der Waals surface area contributed by atoms with Gasteiger partial charge in [0.25, 0.3) is 5.91 Å². The van der Waals surface area contributed by atoms with Crippen LogP contribution in [0.15, 0.2) is 18.2 Å². The van der Waals surface area contributed by atoms with E-state index < -0.39 is 23.7 Å². The third-order valence-electron chi connectivity index (χ3n) is 3.43. The number of amides is 1. The molecule has 2 rings (SSSR count). The van der Waals surface area contributed by atoms with Crippen LogP contribution in [0.25, 0.3) is 0 Å². The van der Waals surface area contributed by atoms with Gasteiger partial charge in [0.15, 0.2) is 0 Å². The van der Waals surface area contributed by atoms with Gasteiger partial charge in [0, 0.05) is 20.1 Å². The normalized spacial score (nSPS) is 22.0. The predicted molar refractivity (Wildman–Crippen MR) is 69.1 cm³/mol. The Labute approximate surface area is 114 Å². The molecule has 6 nitrogen and oxygen atoms in total. The molecule has 0 spiro atoms. The molecule has 108 valence electrons. The molecular weight excluding hydrogens is 267 g/mol. The van der Waals surface area contributed by atoms with Gasteiger partial charge in [0.1, 0.15) is 11.9 Å². The summed E-state index contributed by atoms with van der Waals surface area (Å²) < 4.78 is 18.9. The van der Waals surface area contributed by atoms with Crippen molar-refractivity contribution in [1.82, 2.24) is 0 Å². The fourth-order valence-corrected chi connectivity index (χ4v) is 2.46. The summed E-state index contributed by atoms with van der Waals surface area (Å²) in [7, 11) is 1.48. The summed E-state index contributed by atoms with van der Waals surface area (Å²) in [6, 6.07) is 3.14. The van der Waals surface area contributed by atoms with E-state index in [4.69, 9.17) is 10.5 Å². The molecule has 0 bridgehead atoms. The Hall–Kier alpha value is -2.15. The smallest absolute Gasteiger partial charge is 0.326 e. The molecule has 0 aliphatic carbocycles. The number of ether oxygens (including phenoxy) is 1. The van der Waals surface area contributed by atoms with Gasteiger partial charge in [-0.05, 0) is 12.1 Å². The van der Waals surface area contributed by atoms with Crippen LogP contribution in [0.3, 0.4) is 0 Å². The lowest BCUT2D eigenvalue weighted by Crippen LogP contribution is -2.37. The van der Waals surface area contributed by atoms with Crippen LogP contribution >= 0.6 is 0 Å². The van der Waals surface area contributed by atoms with Crippen molar-refractivity contribution in [2.75, 3.05) is 18.6 Å². The zero-order valence-corrected chi connectivity index (χ0v) is 10.9. The van der Waals surface area contributed by atoms with Crippen molar-refractivity contribution in [1.29, 1.82) is 0 Å². The van der Waals surface area contributed by atoms with Crippen LogP contribution in [-0.4, -0.2) is 42.8 Å². The molecule has 1 aromatic rings. The second-order valence-corrected chi connectivity index (χ2v) is 4.60. The van der Waals surface area contributed by atoms with Crippen molar-refractivity contribution in [2.24, 2.45) is 5.73 Å². The molecule has 1 amide bonds. The molecule has 2 unspecified atom stereocenters. The Kier molecular flexibility index (Phi) is 3.89. The zero-order valence-electron chi connectivity index (χ0n) is 10.9. The van der Waals surface area contributed by atoms with E-state index in [0.29, 0.717) is 0 Å². The van der Waals surface area contributed by atoms with Crippen molar-refractivity contribution in [2.45, 2.75) is 18.6 Å². The average Bonchev–Trinajstić information content (AvgIpc) is 2.82. The number of rotatable bonds is 4. The molecular formula is C13H15FN2O4. The first-order valence-electron chi connectivity index (χ1n) is 6.06. The van der Waals surface area contributed by atoms with Crippen LogP contribution in [-0.2, 0) is 9.53 Å². The molecule has 1 aliphatic rings. The Balaban J connectivity index is 2.47. The molecule has 0 radical (unpaired) electrons. The number of hydrogen-bond acceptors (Lipinski definition) is 4. The standard InChI is InChI=1S/C13H15FN2O4/c1-20-7-5-10(13(18)19)16(6-7)9-4-2-3-8(14)11(9)12(15)17/h2-4,7,10H,5-6H2,1H3,(H2,15,17)(H,18,19). The van der Waals surface area contributed by atoms with Gasteiger partial charge in [-0.15, -0.1) is 0 Å². The Morgan fingerprint density at radius 2 is 2.20 bits per heavy atom. The number of nitrogens with zero attached hydrogens (tertiary/aromatic N) is 1. The topological polar surface area (TPSA) is 92.9 Å². The van der Waals surface area contributed by atoms with E-state index in [2.05, 4.69) is 0 Å². The van der Waals surface area contributed by atoms with Crippen molar-refractivity contribution >= 4 is 17.6 Å². The number of carboxylic acids is 1. The number of anilines is 1. The minimum Gasteiger partial charge on any atom is -0.480 e. The molecule has 2 atom stereocenters. The number of carbonyl (C=O) groups is 2. The quantitative estimate of drug-likeness (QED) is 0.843. The largest absolute Gasteiger partial charge is 0.480 e. The summed E-state index contributed by atoms with van der Waals surface area (Å²) in [5, 5.41) is 9.25. The number of hydrogen-bond donors (Lipinski definition) is 2. The van der Waals surface area contributed by atoms with Gasteiger partial charge in [-0.3, -0.25) is 4.79 Å². The Bertz CT molecular complexity index is 549. The van der Waals surface area contributed by atoms with E-state index in [9.17, 15) is 19.1 Å². The first-order valence-corrected chi connectivity index (χ1v) is 6.06. The molecule has 7 heteroatoms. The number of carbonyl (C=O) groups excluding carboxylic acids is 1. The first kappa shape index (κ1) is 14.3. The predicted octanol–water partition coefficient (Wildman–Crippen LogP) is 0.603. The van der Waals surface area contributed by atoms with Crippen LogP contribution in [0.5, 0.6) is 0 Å². The summed E-state index contributed by atoms with van der Waals surface area (Å²) >= 11 is 0. The lowest BCUT2D eigenvalue weighted by molar-refractivity contribution is -0.138. The number of primary amides is 1. The number of carboxylic acid groups (broad SMARTS) is 1. The zero-order chi connectivity index (χ0) is 14.9. The van der Waals surface area contributed by atoms with Crippen LogP contribution in [0.2, 0.25) is 0 Å². The molecule has 1 fully saturated rings. The fraction of sp³-hybridized carbons (Fsp3) is 0.385. The van der Waals surface area contributed by atoms with Crippen LogP contribution in [0.1, 0.15) is 16.8 Å². The number of methoxy groups -OCH3 is 1. The Morgan fingerprint density at radius 3 is 2.75 bits per heavy atom. The van der Waals surface area contributed by atoms with Crippen molar-refractivity contribution < 1.29 is 23.8 Å². The third-order valence-corrected chi connectivity index (χ3v) is 3.43. The van der Waals surface area contributed by atoms with E-state index in [1.165, 1.54) is 24.1 Å². The van der Waals surface area contributed by atoms with Crippen LogP contribution < -0.4 is 10.6 Å². The highest BCUT2D eigenvalue weighted by atomic mass is 19.1. The molecule has 1 aliphatic heterocycles. The van der Waals surface area contributed by atoms with Crippen LogP contribution in [0, 0.1) is 5.82 Å². The maximum Gasteiger partial charge on any atom is 0.326 e. The highest BCUT2D eigenvalue weighted by Crippen LogP contribution is 2.31. The van der Waals surface area contributed by atoms with Crippen LogP contribution in [0.4, 0.5) is 10.1 Å². The third kappa shape index (κ3) is 2.44. The summed E-state index contributed by atoms with van der Waals surface area (Å²) in [5.74, 6) is -2.74. The second kappa shape index (κ2) is 5.46. The van der Waals surface area contributed by atoms with Gasteiger partial charge in [0.05, 0.1) is 17.4 Å². The average molecular weight is 282 g/mol. The van der Waals surface area contributed by atoms with Gasteiger partial charge in [-0.2, -0.15) is 0 Å². The van der Waals surface area contributed by atoms with E-state index in [-0.39, 0.29) is 30.3 Å². The SMILES string of the molecule is COC1CC(C(=O)O)N(c2cccc(F)c2C(N)=O)C1. The number of benzene rings is 1. The summed E-state index contributed by atoms with van der Waals surface area (Å²) in [6.45, 7) is 0.261. The summed E-state index contributed by atoms with van der Waals surface area (Å²) in [4.78, 5) is 24.2. The number of nitrogens with two attached hydrogens (primary N) is 1. The van der Waals surface area contributed by atoms with E-state index in [1.54, 1.807) is 0 Å². The summed E-state index contributed by atoms with van der Waals surface area (Å²) in [5.41, 5.74) is 5.08. The maximum absolute atomic E-state index is 13.8. The van der Waals surface area contributed by atoms with Gasteiger partial charge in [-0.25, -0.2) is 9.18 Å². The van der Waals surface area contributed by atoms with E-state index in [0.717, 1.165) is 6.07 Å². The van der Waals surface area contributed by atoms with Crippen molar-refractivity contribution in [3.63, 3.8) is 0 Å². The molecule has 0 aromatic heterocycles. The van der Waals surface area contributed by atoms with Gasteiger partial charge in [0.2, 0.25) is 0 Å².